The molecule has 0 aliphatic rings. The van der Waals surface area contributed by atoms with Gasteiger partial charge in [-0.2, -0.15) is 5.10 Å². The van der Waals surface area contributed by atoms with Crippen molar-refractivity contribution in [3.8, 4) is 5.75 Å². The summed E-state index contributed by atoms with van der Waals surface area (Å²) < 4.78 is 5.09. The first-order chi connectivity index (χ1) is 11.6. The molecule has 24 heavy (non-hydrogen) atoms. The van der Waals surface area contributed by atoms with Crippen LogP contribution < -0.4 is 20.8 Å². The second-order valence-electron chi connectivity index (χ2n) is 4.86. The van der Waals surface area contributed by atoms with Gasteiger partial charge in [0.25, 0.3) is 0 Å². The third-order valence-corrected chi connectivity index (χ3v) is 3.15. The average Bonchev–Trinajstić information content (AvgIpc) is 2.57. The van der Waals surface area contributed by atoms with Crippen molar-refractivity contribution in [3.63, 3.8) is 0 Å². The second-order valence-corrected chi connectivity index (χ2v) is 5.26. The van der Waals surface area contributed by atoms with E-state index in [1.165, 1.54) is 6.92 Å². The topological polar surface area (TPSA) is 74.8 Å². The van der Waals surface area contributed by atoms with Crippen molar-refractivity contribution in [2.24, 2.45) is 5.10 Å². The molecule has 7 heteroatoms. The molecule has 0 heterocycles. The fourth-order valence-electron chi connectivity index (χ4n) is 1.85. The number of hydrogen-bond donors (Lipinski definition) is 3. The molecule has 0 bridgehead atoms. The van der Waals surface area contributed by atoms with Gasteiger partial charge in [0.15, 0.2) is 5.11 Å². The van der Waals surface area contributed by atoms with Crippen molar-refractivity contribution in [2.75, 3.05) is 17.7 Å². The van der Waals surface area contributed by atoms with E-state index in [1.807, 2.05) is 36.4 Å². The van der Waals surface area contributed by atoms with E-state index in [0.29, 0.717) is 5.11 Å². The number of nitrogens with zero attached hydrogens (tertiary/aromatic N) is 1. The highest BCUT2D eigenvalue weighted by atomic mass is 32.1. The zero-order chi connectivity index (χ0) is 17.4. The molecule has 0 aliphatic carbocycles. The molecule has 0 radical (unpaired) electrons. The van der Waals surface area contributed by atoms with Gasteiger partial charge in [-0.25, -0.2) is 0 Å². The van der Waals surface area contributed by atoms with Crippen molar-refractivity contribution in [3.05, 3.63) is 54.1 Å². The van der Waals surface area contributed by atoms with Crippen LogP contribution in [-0.2, 0) is 4.79 Å². The normalized spacial score (nSPS) is 10.2. The Labute approximate surface area is 145 Å². The molecule has 0 spiro atoms. The Kier molecular flexibility index (Phi) is 6.27. The van der Waals surface area contributed by atoms with Gasteiger partial charge >= 0.3 is 0 Å². The maximum atomic E-state index is 11.0. The number of hydrazone groups is 1. The maximum absolute atomic E-state index is 11.0. The number of carbonyl (C=O) groups is 1. The Morgan fingerprint density at radius 2 is 1.62 bits per heavy atom. The number of carbonyl (C=O) groups excluding carboxylic acids is 1. The molecule has 0 fully saturated rings. The number of hydrogen-bond acceptors (Lipinski definition) is 4. The molecule has 6 nitrogen and oxygen atoms in total. The molecule has 3 N–H and O–H groups in total. The lowest BCUT2D eigenvalue weighted by Crippen LogP contribution is -2.23. The Bertz CT molecular complexity index is 727. The van der Waals surface area contributed by atoms with Gasteiger partial charge in [0.05, 0.1) is 13.3 Å². The van der Waals surface area contributed by atoms with Crippen LogP contribution in [-0.4, -0.2) is 24.3 Å². The van der Waals surface area contributed by atoms with E-state index in [1.54, 1.807) is 25.5 Å². The summed E-state index contributed by atoms with van der Waals surface area (Å²) in [5.41, 5.74) is 5.20. The standard InChI is InChI=1S/C17H18N4O2S/c1-12(22)19-14-5-3-13(4-6-14)11-18-21-17(24)20-15-7-9-16(23-2)10-8-15/h3-11H,1-2H3,(H,19,22)(H2,20,21,24)/b18-11+. The SMILES string of the molecule is COc1ccc(NC(=S)N/N=C/c2ccc(NC(C)=O)cc2)cc1. The van der Waals surface area contributed by atoms with E-state index in [2.05, 4.69) is 21.2 Å². The van der Waals surface area contributed by atoms with Gasteiger partial charge in [0.2, 0.25) is 5.91 Å². The summed E-state index contributed by atoms with van der Waals surface area (Å²) in [6, 6.07) is 14.7. The summed E-state index contributed by atoms with van der Waals surface area (Å²) in [6.45, 7) is 1.47. The van der Waals surface area contributed by atoms with Crippen LogP contribution in [0.3, 0.4) is 0 Å². The highest BCUT2D eigenvalue weighted by Crippen LogP contribution is 2.14. The molecule has 2 aromatic carbocycles. The van der Waals surface area contributed by atoms with Gasteiger partial charge in [-0.15, -0.1) is 0 Å². The van der Waals surface area contributed by atoms with E-state index in [-0.39, 0.29) is 5.91 Å². The van der Waals surface area contributed by atoms with Crippen molar-refractivity contribution in [1.29, 1.82) is 0 Å². The van der Waals surface area contributed by atoms with Crippen molar-refractivity contribution in [2.45, 2.75) is 6.92 Å². The number of thiocarbonyl (C=S) groups is 1. The predicted octanol–water partition coefficient (Wildman–Crippen LogP) is 2.97. The second kappa shape index (κ2) is 8.64. The summed E-state index contributed by atoms with van der Waals surface area (Å²) in [6.07, 6.45) is 1.64. The van der Waals surface area contributed by atoms with E-state index in [4.69, 9.17) is 17.0 Å². The average molecular weight is 342 g/mol. The first kappa shape index (κ1) is 17.4. The first-order valence-electron chi connectivity index (χ1n) is 7.18. The summed E-state index contributed by atoms with van der Waals surface area (Å²) in [5, 5.41) is 10.2. The third kappa shape index (κ3) is 5.69. The smallest absolute Gasteiger partial charge is 0.221 e. The highest BCUT2D eigenvalue weighted by molar-refractivity contribution is 7.80. The maximum Gasteiger partial charge on any atom is 0.221 e. The number of ether oxygens (including phenoxy) is 1. The zero-order valence-electron chi connectivity index (χ0n) is 13.4. The van der Waals surface area contributed by atoms with Crippen LogP contribution in [0.25, 0.3) is 0 Å². The molecule has 0 aromatic heterocycles. The van der Waals surface area contributed by atoms with Gasteiger partial charge in [-0.3, -0.25) is 10.2 Å². The van der Waals surface area contributed by atoms with Crippen molar-refractivity contribution >= 4 is 40.8 Å². The highest BCUT2D eigenvalue weighted by Gasteiger charge is 1.97. The van der Waals surface area contributed by atoms with Crippen LogP contribution in [0.2, 0.25) is 0 Å². The lowest BCUT2D eigenvalue weighted by Gasteiger charge is -2.07. The molecular weight excluding hydrogens is 324 g/mol. The largest absolute Gasteiger partial charge is 0.497 e. The van der Waals surface area contributed by atoms with E-state index >= 15 is 0 Å². The monoisotopic (exact) mass is 342 g/mol. The minimum absolute atomic E-state index is 0.104. The Hall–Kier alpha value is -2.93. The summed E-state index contributed by atoms with van der Waals surface area (Å²) in [5.74, 6) is 0.674. The van der Waals surface area contributed by atoms with Gasteiger partial charge in [0, 0.05) is 18.3 Å². The van der Waals surface area contributed by atoms with Crippen molar-refractivity contribution < 1.29 is 9.53 Å². The number of amides is 1. The fraction of sp³-hybridized carbons (Fsp3) is 0.118. The number of benzene rings is 2. The lowest BCUT2D eigenvalue weighted by atomic mass is 10.2. The summed E-state index contributed by atoms with van der Waals surface area (Å²) >= 11 is 5.17. The predicted molar refractivity (Wildman–Crippen MR) is 101 cm³/mol. The summed E-state index contributed by atoms with van der Waals surface area (Å²) in [7, 11) is 1.62. The van der Waals surface area contributed by atoms with Gasteiger partial charge < -0.3 is 15.4 Å². The van der Waals surface area contributed by atoms with Crippen LogP contribution in [0.5, 0.6) is 5.75 Å². The molecule has 2 aromatic rings. The molecule has 2 rings (SSSR count). The number of nitrogens with one attached hydrogen (secondary N) is 3. The molecular formula is C17H18N4O2S. The lowest BCUT2D eigenvalue weighted by molar-refractivity contribution is -0.114. The molecule has 0 saturated carbocycles. The Morgan fingerprint density at radius 1 is 1.04 bits per heavy atom. The van der Waals surface area contributed by atoms with E-state index < -0.39 is 0 Å². The number of rotatable bonds is 5. The number of anilines is 2. The number of methoxy groups -OCH3 is 1. The van der Waals surface area contributed by atoms with Crippen LogP contribution in [0.15, 0.2) is 53.6 Å². The first-order valence-corrected chi connectivity index (χ1v) is 7.59. The summed E-state index contributed by atoms with van der Waals surface area (Å²) in [4.78, 5) is 11.0. The Balaban J connectivity index is 1.83. The molecule has 0 atom stereocenters. The van der Waals surface area contributed by atoms with E-state index in [0.717, 1.165) is 22.7 Å². The molecule has 0 saturated heterocycles. The molecule has 124 valence electrons. The Morgan fingerprint density at radius 3 is 2.21 bits per heavy atom. The minimum atomic E-state index is -0.104. The van der Waals surface area contributed by atoms with Gasteiger partial charge in [-0.1, -0.05) is 12.1 Å². The van der Waals surface area contributed by atoms with Gasteiger partial charge in [-0.05, 0) is 54.2 Å². The minimum Gasteiger partial charge on any atom is -0.497 e. The van der Waals surface area contributed by atoms with Crippen LogP contribution in [0.1, 0.15) is 12.5 Å². The quantitative estimate of drug-likeness (QED) is 0.442. The van der Waals surface area contributed by atoms with Crippen LogP contribution >= 0.6 is 12.2 Å². The third-order valence-electron chi connectivity index (χ3n) is 2.96. The van der Waals surface area contributed by atoms with Crippen LogP contribution in [0, 0.1) is 0 Å². The van der Waals surface area contributed by atoms with Gasteiger partial charge in [0.1, 0.15) is 5.75 Å². The zero-order valence-corrected chi connectivity index (χ0v) is 14.2. The fourth-order valence-corrected chi connectivity index (χ4v) is 2.03. The molecule has 1 amide bonds. The molecule has 0 unspecified atom stereocenters. The van der Waals surface area contributed by atoms with E-state index in [9.17, 15) is 4.79 Å². The molecule has 0 aliphatic heterocycles. The van der Waals surface area contributed by atoms with Crippen molar-refractivity contribution in [1.82, 2.24) is 5.43 Å². The van der Waals surface area contributed by atoms with Crippen LogP contribution in [0.4, 0.5) is 11.4 Å².